The van der Waals surface area contributed by atoms with E-state index in [2.05, 4.69) is 21.0 Å². The minimum atomic E-state index is -1.09. The van der Waals surface area contributed by atoms with Crippen LogP contribution in [0, 0.1) is 0 Å². The number of methoxy groups -OCH3 is 1. The number of carboxylic acid groups (broad SMARTS) is 1. The van der Waals surface area contributed by atoms with Crippen LogP contribution in [0.3, 0.4) is 0 Å². The Morgan fingerprint density at radius 3 is 2.71 bits per heavy atom. The zero-order chi connectivity index (χ0) is 24.2. The topological polar surface area (TPSA) is 103 Å². The predicted octanol–water partition coefficient (Wildman–Crippen LogP) is 4.95. The lowest BCUT2D eigenvalue weighted by molar-refractivity contribution is -0.144. The number of halogens is 1. The Morgan fingerprint density at radius 1 is 1.26 bits per heavy atom. The maximum atomic E-state index is 13.3. The summed E-state index contributed by atoms with van der Waals surface area (Å²) in [4.78, 5) is 29.4. The van der Waals surface area contributed by atoms with Crippen molar-refractivity contribution in [2.75, 3.05) is 7.11 Å². The van der Waals surface area contributed by atoms with Crippen LogP contribution in [0.15, 0.2) is 50.8 Å². The number of para-hydroxylation sites is 1. The molecule has 0 saturated heterocycles. The summed E-state index contributed by atoms with van der Waals surface area (Å²) in [5.41, 5.74) is 1.12. The van der Waals surface area contributed by atoms with Gasteiger partial charge in [0.1, 0.15) is 5.82 Å². The van der Waals surface area contributed by atoms with E-state index in [4.69, 9.17) is 19.6 Å². The SMILES string of the molecule is COc1cc(C=Nn2c(C3CCCCC3)nc3ccccc3c2=O)cc(Br)c1O[C@H](C)C(=O)O. The lowest BCUT2D eigenvalue weighted by atomic mass is 9.88. The van der Waals surface area contributed by atoms with Gasteiger partial charge in [0.2, 0.25) is 0 Å². The van der Waals surface area contributed by atoms with Gasteiger partial charge in [0.15, 0.2) is 17.6 Å². The van der Waals surface area contributed by atoms with Crippen LogP contribution < -0.4 is 15.0 Å². The number of carbonyl (C=O) groups is 1. The van der Waals surface area contributed by atoms with Crippen molar-refractivity contribution < 1.29 is 19.4 Å². The fraction of sp³-hybridized carbons (Fsp3) is 0.360. The molecule has 34 heavy (non-hydrogen) atoms. The fourth-order valence-electron chi connectivity index (χ4n) is 4.16. The first kappa shape index (κ1) is 23.9. The lowest BCUT2D eigenvalue weighted by Crippen LogP contribution is -2.25. The maximum Gasteiger partial charge on any atom is 0.344 e. The number of carboxylic acids is 1. The molecule has 0 bridgehead atoms. The van der Waals surface area contributed by atoms with Gasteiger partial charge < -0.3 is 14.6 Å². The van der Waals surface area contributed by atoms with Crippen LogP contribution in [0.1, 0.15) is 56.3 Å². The number of hydrogen-bond acceptors (Lipinski definition) is 6. The van der Waals surface area contributed by atoms with E-state index in [0.717, 1.165) is 25.7 Å². The molecular weight excluding hydrogens is 502 g/mol. The molecule has 9 heteroatoms. The molecule has 0 spiro atoms. The third-order valence-corrected chi connectivity index (χ3v) is 6.55. The Bertz CT molecular complexity index is 1300. The standard InChI is InChI=1S/C25H26BrN3O5/c1-15(25(31)32)34-22-19(26)12-16(13-21(22)33-2)14-27-29-23(17-8-4-3-5-9-17)28-20-11-7-6-10-18(20)24(29)30/h6-7,10-15,17H,3-5,8-9H2,1-2H3,(H,31,32)/t15-/m1/s1. The molecule has 2 aromatic carbocycles. The highest BCUT2D eigenvalue weighted by atomic mass is 79.9. The zero-order valence-corrected chi connectivity index (χ0v) is 20.6. The third-order valence-electron chi connectivity index (χ3n) is 5.97. The maximum absolute atomic E-state index is 13.3. The van der Waals surface area contributed by atoms with Gasteiger partial charge in [-0.25, -0.2) is 9.78 Å². The average molecular weight is 528 g/mol. The summed E-state index contributed by atoms with van der Waals surface area (Å²) in [5.74, 6) is 0.402. The summed E-state index contributed by atoms with van der Waals surface area (Å²) < 4.78 is 12.9. The van der Waals surface area contributed by atoms with Gasteiger partial charge in [-0.15, -0.1) is 0 Å². The van der Waals surface area contributed by atoms with E-state index in [1.54, 1.807) is 24.4 Å². The molecule has 1 aromatic heterocycles. The summed E-state index contributed by atoms with van der Waals surface area (Å²) in [6.07, 6.45) is 5.89. The van der Waals surface area contributed by atoms with Crippen LogP contribution in [-0.4, -0.2) is 40.2 Å². The van der Waals surface area contributed by atoms with E-state index in [1.165, 1.54) is 25.1 Å². The van der Waals surface area contributed by atoms with Gasteiger partial charge in [-0.1, -0.05) is 31.4 Å². The van der Waals surface area contributed by atoms with Gasteiger partial charge in [-0.05, 0) is 65.5 Å². The zero-order valence-electron chi connectivity index (χ0n) is 19.0. The Balaban J connectivity index is 1.76. The number of nitrogens with zero attached hydrogens (tertiary/aromatic N) is 3. The molecule has 3 aromatic rings. The molecule has 4 rings (SSSR count). The Morgan fingerprint density at radius 2 is 2.00 bits per heavy atom. The summed E-state index contributed by atoms with van der Waals surface area (Å²) in [7, 11) is 1.47. The molecule has 1 N–H and O–H groups in total. The highest BCUT2D eigenvalue weighted by Gasteiger charge is 2.23. The molecule has 0 unspecified atom stereocenters. The minimum absolute atomic E-state index is 0.178. The van der Waals surface area contributed by atoms with Crippen molar-refractivity contribution in [2.45, 2.75) is 51.0 Å². The van der Waals surface area contributed by atoms with Crippen LogP contribution >= 0.6 is 15.9 Å². The van der Waals surface area contributed by atoms with Gasteiger partial charge in [0.05, 0.1) is 28.7 Å². The van der Waals surface area contributed by atoms with Gasteiger partial charge in [-0.3, -0.25) is 4.79 Å². The van der Waals surface area contributed by atoms with E-state index in [-0.39, 0.29) is 17.2 Å². The van der Waals surface area contributed by atoms with Crippen LogP contribution in [0.4, 0.5) is 0 Å². The van der Waals surface area contributed by atoms with Crippen molar-refractivity contribution >= 4 is 39.0 Å². The van der Waals surface area contributed by atoms with Crippen LogP contribution in [0.5, 0.6) is 11.5 Å². The first-order valence-electron chi connectivity index (χ1n) is 11.2. The number of hydrogen-bond donors (Lipinski definition) is 1. The van der Waals surface area contributed by atoms with Crippen molar-refractivity contribution in [1.29, 1.82) is 0 Å². The van der Waals surface area contributed by atoms with E-state index in [9.17, 15) is 9.59 Å². The highest BCUT2D eigenvalue weighted by Crippen LogP contribution is 2.37. The molecular formula is C25H26BrN3O5. The molecule has 0 aliphatic heterocycles. The Labute approximate surface area is 205 Å². The smallest absolute Gasteiger partial charge is 0.344 e. The summed E-state index contributed by atoms with van der Waals surface area (Å²) in [6, 6.07) is 10.7. The van der Waals surface area contributed by atoms with Crippen LogP contribution in [0.25, 0.3) is 10.9 Å². The van der Waals surface area contributed by atoms with Crippen molar-refractivity contribution in [1.82, 2.24) is 9.66 Å². The second-order valence-corrected chi connectivity index (χ2v) is 9.17. The molecule has 178 valence electrons. The van der Waals surface area contributed by atoms with E-state index in [1.807, 2.05) is 18.2 Å². The van der Waals surface area contributed by atoms with Gasteiger partial charge >= 0.3 is 5.97 Å². The summed E-state index contributed by atoms with van der Waals surface area (Å²) >= 11 is 3.43. The van der Waals surface area contributed by atoms with E-state index >= 15 is 0 Å². The molecule has 1 saturated carbocycles. The quantitative estimate of drug-likeness (QED) is 0.436. The minimum Gasteiger partial charge on any atom is -0.493 e. The van der Waals surface area contributed by atoms with Gasteiger partial charge in [-0.2, -0.15) is 9.78 Å². The van der Waals surface area contributed by atoms with Crippen LogP contribution in [0.2, 0.25) is 0 Å². The average Bonchev–Trinajstić information content (AvgIpc) is 2.85. The van der Waals surface area contributed by atoms with E-state index in [0.29, 0.717) is 32.5 Å². The summed E-state index contributed by atoms with van der Waals surface area (Å²) in [6.45, 7) is 1.44. The Kier molecular flexibility index (Phi) is 7.31. The second-order valence-electron chi connectivity index (χ2n) is 8.32. The number of benzene rings is 2. The molecule has 1 aliphatic rings. The predicted molar refractivity (Wildman–Crippen MR) is 133 cm³/mol. The second kappa shape index (κ2) is 10.4. The lowest BCUT2D eigenvalue weighted by Gasteiger charge is -2.22. The first-order valence-corrected chi connectivity index (χ1v) is 12.0. The largest absolute Gasteiger partial charge is 0.493 e. The molecule has 0 radical (unpaired) electrons. The Hall–Kier alpha value is -3.20. The number of aromatic nitrogens is 2. The van der Waals surface area contributed by atoms with Crippen molar-refractivity contribution in [3.05, 3.63) is 62.6 Å². The van der Waals surface area contributed by atoms with Gasteiger partial charge in [0, 0.05) is 5.92 Å². The molecule has 0 amide bonds. The normalized spacial score (nSPS) is 15.5. The highest BCUT2D eigenvalue weighted by molar-refractivity contribution is 9.10. The van der Waals surface area contributed by atoms with Crippen molar-refractivity contribution in [3.63, 3.8) is 0 Å². The van der Waals surface area contributed by atoms with Crippen molar-refractivity contribution in [3.8, 4) is 11.5 Å². The number of ether oxygens (including phenoxy) is 2. The summed E-state index contributed by atoms with van der Waals surface area (Å²) in [5, 5.41) is 14.2. The first-order chi connectivity index (χ1) is 16.4. The van der Waals surface area contributed by atoms with Gasteiger partial charge in [0.25, 0.3) is 5.56 Å². The molecule has 1 aliphatic carbocycles. The number of fused-ring (bicyclic) bond motifs is 1. The monoisotopic (exact) mass is 527 g/mol. The molecule has 1 heterocycles. The van der Waals surface area contributed by atoms with Crippen LogP contribution in [-0.2, 0) is 4.79 Å². The number of rotatable bonds is 7. The molecule has 8 nitrogen and oxygen atoms in total. The third kappa shape index (κ3) is 4.99. The number of aliphatic carboxylic acids is 1. The van der Waals surface area contributed by atoms with E-state index < -0.39 is 12.1 Å². The molecule has 1 atom stereocenters. The van der Waals surface area contributed by atoms with Crippen molar-refractivity contribution in [2.24, 2.45) is 5.10 Å². The molecule has 1 fully saturated rings. The fourth-order valence-corrected chi connectivity index (χ4v) is 4.71.